The first-order valence-corrected chi connectivity index (χ1v) is 15.2. The van der Waals surface area contributed by atoms with Crippen molar-refractivity contribution in [2.75, 3.05) is 13.2 Å². The maximum atomic E-state index is 12.1. The molecule has 0 saturated heterocycles. The number of carbonyl (C=O) groups is 3. The Kier molecular flexibility index (Phi) is 39.9. The number of primary amides is 1. The summed E-state index contributed by atoms with van der Waals surface area (Å²) in [4.78, 5) is 54.6. The van der Waals surface area contributed by atoms with Gasteiger partial charge in [0.2, 0.25) is 5.91 Å². The monoisotopic (exact) mass is 651 g/mol. The fourth-order valence-corrected chi connectivity index (χ4v) is 3.47. The van der Waals surface area contributed by atoms with Gasteiger partial charge in [-0.25, -0.2) is 4.79 Å². The second-order valence-corrected chi connectivity index (χ2v) is 9.98. The molecule has 0 rings (SSSR count). The van der Waals surface area contributed by atoms with Gasteiger partial charge in [-0.3, -0.25) is 9.59 Å². The first-order valence-electron chi connectivity index (χ1n) is 13.7. The fourth-order valence-electron chi connectivity index (χ4n) is 3.12. The van der Waals surface area contributed by atoms with Gasteiger partial charge < -0.3 is 34.1 Å². The summed E-state index contributed by atoms with van der Waals surface area (Å²) in [6, 6.07) is 0. The summed E-state index contributed by atoms with van der Waals surface area (Å²) in [5.74, 6) is 17.0. The predicted octanol–water partition coefficient (Wildman–Crippen LogP) is -1.37. The predicted molar refractivity (Wildman–Crippen MR) is 167 cm³/mol. The molecule has 43 heavy (non-hydrogen) atoms. The number of phosphoric ester groups is 1. The second-order valence-electron chi connectivity index (χ2n) is 8.83. The van der Waals surface area contributed by atoms with E-state index < -0.39 is 39.1 Å². The molecule has 0 aliphatic rings. The Bertz CT molecular complexity index is 1090. The molecule has 13 heteroatoms. The summed E-state index contributed by atoms with van der Waals surface area (Å²) in [5.41, 5.74) is 4.47. The largest absolute Gasteiger partial charge is 1.00 e. The van der Waals surface area contributed by atoms with Crippen LogP contribution >= 0.6 is 7.82 Å². The Morgan fingerprint density at radius 2 is 1.23 bits per heavy atom. The maximum absolute atomic E-state index is 12.1. The van der Waals surface area contributed by atoms with Crippen LogP contribution in [0.25, 0.3) is 0 Å². The van der Waals surface area contributed by atoms with Gasteiger partial charge in [0.25, 0.3) is 0 Å². The number of carbonyl (C=O) groups excluding carboxylic acids is 3. The minimum absolute atomic E-state index is 0. The maximum Gasteiger partial charge on any atom is 1.00 e. The van der Waals surface area contributed by atoms with Gasteiger partial charge >= 0.3 is 71.1 Å². The summed E-state index contributed by atoms with van der Waals surface area (Å²) in [6.07, 6.45) is 12.7. The number of phosphoric acid groups is 1. The molecule has 0 unspecified atom stereocenters. The van der Waals surface area contributed by atoms with E-state index in [1.807, 2.05) is 0 Å². The van der Waals surface area contributed by atoms with Crippen molar-refractivity contribution >= 4 is 25.7 Å². The third-order valence-electron chi connectivity index (χ3n) is 4.95. The zero-order chi connectivity index (χ0) is 31.2. The van der Waals surface area contributed by atoms with Gasteiger partial charge in [0.1, 0.15) is 6.61 Å². The summed E-state index contributed by atoms with van der Waals surface area (Å²) < 4.78 is 24.9. The van der Waals surface area contributed by atoms with Crippen LogP contribution in [0, 0.1) is 47.4 Å². The van der Waals surface area contributed by atoms with Crippen molar-refractivity contribution in [2.45, 2.75) is 110 Å². The van der Waals surface area contributed by atoms with Crippen LogP contribution in [-0.4, -0.2) is 37.2 Å². The van der Waals surface area contributed by atoms with Crippen molar-refractivity contribution in [2.24, 2.45) is 5.73 Å². The van der Waals surface area contributed by atoms with Crippen molar-refractivity contribution in [1.82, 2.24) is 0 Å². The Hall–Kier alpha value is -1.24. The molecule has 0 radical (unpaired) electrons. The first-order chi connectivity index (χ1) is 19.5. The minimum atomic E-state index is -5.29. The summed E-state index contributed by atoms with van der Waals surface area (Å²) >= 11 is 0. The minimum Gasteiger partial charge on any atom is -0.790 e. The van der Waals surface area contributed by atoms with Crippen LogP contribution in [0.4, 0.5) is 0 Å². The average Bonchev–Trinajstić information content (AvgIpc) is 2.89. The van der Waals surface area contributed by atoms with E-state index >= 15 is 0 Å². The van der Waals surface area contributed by atoms with Gasteiger partial charge in [0.05, 0.1) is 14.4 Å². The molecule has 2 N–H and O–H groups in total. The third kappa shape index (κ3) is 45.3. The number of nitrogens with two attached hydrogens (primary N) is 1. The molecule has 0 aromatic heterocycles. The molecule has 242 valence electrons. The van der Waals surface area contributed by atoms with E-state index in [-0.39, 0.29) is 81.4 Å². The average molecular weight is 652 g/mol. The van der Waals surface area contributed by atoms with Gasteiger partial charge in [-0.2, -0.15) is 0 Å². The van der Waals surface area contributed by atoms with Gasteiger partial charge in [-0.1, -0.05) is 83.5 Å². The number of amides is 1. The van der Waals surface area contributed by atoms with Gasteiger partial charge in [0.15, 0.2) is 6.10 Å². The SMILES string of the molecule is CC#CC#CC#CC#CC(=O)OC[C@H](COP(=O)([O-])[O-])OC(=O)CCCCCCCCCCCCCC.CC(N)=O.[HH].[HH].[HH].[HH].[HH].[HH].[HH].[Na+].[Na+]. The van der Waals surface area contributed by atoms with E-state index in [2.05, 4.69) is 64.5 Å². The third-order valence-corrected chi connectivity index (χ3v) is 5.42. The van der Waals surface area contributed by atoms with Crippen LogP contribution < -0.4 is 74.6 Å². The van der Waals surface area contributed by atoms with E-state index in [0.717, 1.165) is 19.3 Å². The van der Waals surface area contributed by atoms with E-state index in [1.165, 1.54) is 58.3 Å². The van der Waals surface area contributed by atoms with Gasteiger partial charge in [-0.15, -0.1) is 0 Å². The van der Waals surface area contributed by atoms with Gasteiger partial charge in [0, 0.05) is 29.3 Å². The molecule has 0 saturated carbocycles. The normalized spacial score (nSPS) is 9.79. The van der Waals surface area contributed by atoms with Gasteiger partial charge in [-0.05, 0) is 48.9 Å². The molecule has 0 spiro atoms. The number of rotatable bonds is 19. The number of unbranched alkanes of at least 4 members (excludes halogenated alkanes) is 11. The Balaban J connectivity index is -0.000000123. The number of esters is 2. The Morgan fingerprint density at radius 3 is 1.70 bits per heavy atom. The molecule has 10 nitrogen and oxygen atoms in total. The van der Waals surface area contributed by atoms with Crippen molar-refractivity contribution in [3.63, 3.8) is 0 Å². The van der Waals surface area contributed by atoms with Crippen molar-refractivity contribution in [1.29, 1.82) is 0 Å². The molecular weight excluding hydrogens is 595 g/mol. The Labute approximate surface area is 312 Å². The standard InChI is InChI=1S/C28H39O8P.C2H5NO.2Na.7H2/c1-3-5-7-9-11-12-13-14-15-17-19-21-23-28(30)36-26(25-35-37(31,32)33)24-34-27(29)22-20-18-16-10-8-6-4-2;1-2(3)4;;;;;;;;;/h26H,3,5,7,9,11-15,17,19,21,23-25H2,1-2H3,(H2,31,32,33);1H3,(H2,3,4);;;7*1H/q;;2*+1;;;;;;;/p-2/t26-;;;;;;;;;;/m1........../s1. The first kappa shape index (κ1) is 48.7. The summed E-state index contributed by atoms with van der Waals surface area (Å²) in [7, 11) is -5.29. The molecule has 1 atom stereocenters. The van der Waals surface area contributed by atoms with Crippen LogP contribution in [0.3, 0.4) is 0 Å². The molecule has 0 aliphatic carbocycles. The fraction of sp³-hybridized carbons (Fsp3) is 0.633. The van der Waals surface area contributed by atoms with Crippen LogP contribution in [0.5, 0.6) is 0 Å². The zero-order valence-corrected chi connectivity index (χ0v) is 31.3. The molecule has 0 aromatic carbocycles. The van der Waals surface area contributed by atoms with Crippen LogP contribution in [0.1, 0.15) is 114 Å². The van der Waals surface area contributed by atoms with Crippen molar-refractivity contribution < 1.29 is 112 Å². The quantitative estimate of drug-likeness (QED) is 0.0443. The van der Waals surface area contributed by atoms with Crippen LogP contribution in [0.15, 0.2) is 0 Å². The van der Waals surface area contributed by atoms with E-state index in [1.54, 1.807) is 6.92 Å². The van der Waals surface area contributed by atoms with Crippen LogP contribution in [-0.2, 0) is 32.9 Å². The van der Waals surface area contributed by atoms with E-state index in [4.69, 9.17) is 9.47 Å². The summed E-state index contributed by atoms with van der Waals surface area (Å²) in [5, 5.41) is 0. The zero-order valence-electron chi connectivity index (χ0n) is 26.4. The van der Waals surface area contributed by atoms with Crippen LogP contribution in [0.2, 0.25) is 0 Å². The number of hydrogen-bond donors (Lipinski definition) is 1. The Morgan fingerprint density at radius 1 is 0.791 bits per heavy atom. The number of ether oxygens (including phenoxy) is 2. The molecule has 1 amide bonds. The van der Waals surface area contributed by atoms with Crippen molar-refractivity contribution in [3.05, 3.63) is 0 Å². The second kappa shape index (κ2) is 35.2. The molecule has 0 aliphatic heterocycles. The molecule has 0 heterocycles. The molecule has 0 bridgehead atoms. The number of hydrogen-bond acceptors (Lipinski definition) is 9. The molecule has 0 aromatic rings. The van der Waals surface area contributed by atoms with Crippen molar-refractivity contribution in [3.8, 4) is 47.4 Å². The smallest absolute Gasteiger partial charge is 0.790 e. The van der Waals surface area contributed by atoms with E-state index in [0.29, 0.717) is 6.42 Å². The summed E-state index contributed by atoms with van der Waals surface area (Å²) in [6.45, 7) is 3.85. The molecular formula is C30H56NNa2O9P. The molecule has 0 fully saturated rings. The van der Waals surface area contributed by atoms with E-state index in [9.17, 15) is 28.7 Å². The topological polar surface area (TPSA) is 168 Å².